The van der Waals surface area contributed by atoms with E-state index in [0.717, 1.165) is 18.9 Å². The van der Waals surface area contributed by atoms with Gasteiger partial charge in [-0.05, 0) is 37.8 Å². The maximum Gasteiger partial charge on any atom is 0.252 e. The average molecular weight is 418 g/mol. The third-order valence-corrected chi connectivity index (χ3v) is 4.88. The molecule has 0 aromatic carbocycles. The van der Waals surface area contributed by atoms with Gasteiger partial charge in [0.1, 0.15) is 12.4 Å². The number of pyridine rings is 2. The number of anilines is 3. The Morgan fingerprint density at radius 3 is 2.77 bits per heavy atom. The largest absolute Gasteiger partial charge is 0.475 e. The second kappa shape index (κ2) is 9.68. The molecule has 1 aliphatic carbocycles. The number of carbonyl (C=O) groups excluding carboxylic acids is 1. The number of hydrogen-bond donors (Lipinski definition) is 4. The second-order valence-corrected chi connectivity index (χ2v) is 7.28. The molecule has 0 radical (unpaired) electrons. The quantitative estimate of drug-likeness (QED) is 0.407. The zero-order chi connectivity index (χ0) is 21.7. The average Bonchev–Trinajstić information content (AvgIpc) is 3.55. The van der Waals surface area contributed by atoms with Gasteiger partial charge in [0.2, 0.25) is 5.88 Å². The van der Waals surface area contributed by atoms with Gasteiger partial charge >= 0.3 is 0 Å². The molecule has 0 aliphatic heterocycles. The molecule has 1 amide bonds. The predicted molar refractivity (Wildman–Crippen MR) is 111 cm³/mol. The lowest BCUT2D eigenvalue weighted by Gasteiger charge is -2.22. The molecule has 2 aromatic rings. The molecule has 0 unspecified atom stereocenters. The number of nitrogens with two attached hydrogens (primary N) is 2. The van der Waals surface area contributed by atoms with E-state index >= 15 is 0 Å². The normalized spacial score (nSPS) is 15.3. The first kappa shape index (κ1) is 21.7. The van der Waals surface area contributed by atoms with Gasteiger partial charge in [-0.25, -0.2) is 14.4 Å². The number of ether oxygens (including phenoxy) is 2. The van der Waals surface area contributed by atoms with E-state index in [1.807, 2.05) is 6.92 Å². The Bertz CT molecular complexity index is 893. The highest BCUT2D eigenvalue weighted by molar-refractivity contribution is 5.98. The van der Waals surface area contributed by atoms with Crippen LogP contribution in [-0.2, 0) is 4.74 Å². The van der Waals surface area contributed by atoms with E-state index in [9.17, 15) is 9.18 Å². The van der Waals surface area contributed by atoms with Crippen LogP contribution < -0.4 is 26.8 Å². The molecule has 6 N–H and O–H groups in total. The lowest BCUT2D eigenvalue weighted by Crippen LogP contribution is -2.40. The molecule has 10 heteroatoms. The lowest BCUT2D eigenvalue weighted by atomic mass is 10.1. The molecule has 162 valence electrons. The van der Waals surface area contributed by atoms with Crippen molar-refractivity contribution in [2.75, 3.05) is 31.0 Å². The van der Waals surface area contributed by atoms with Crippen LogP contribution in [0.25, 0.3) is 0 Å². The van der Waals surface area contributed by atoms with Crippen molar-refractivity contribution in [3.05, 3.63) is 35.8 Å². The van der Waals surface area contributed by atoms with Crippen molar-refractivity contribution in [1.82, 2.24) is 9.97 Å². The van der Waals surface area contributed by atoms with E-state index in [0.29, 0.717) is 30.7 Å². The summed E-state index contributed by atoms with van der Waals surface area (Å²) in [5.41, 5.74) is 12.1. The van der Waals surface area contributed by atoms with Crippen LogP contribution in [0.3, 0.4) is 0 Å². The van der Waals surface area contributed by atoms with Gasteiger partial charge in [-0.2, -0.15) is 0 Å². The SMILES string of the molecule is COCCOc1cc(Nc2nc(N[C@H](C)[C@@H](N)C3CC3)c(F)cc2C(N)=O)ccn1. The van der Waals surface area contributed by atoms with Crippen molar-refractivity contribution in [3.63, 3.8) is 0 Å². The molecule has 3 rings (SSSR count). The highest BCUT2D eigenvalue weighted by atomic mass is 19.1. The molecule has 1 aliphatic rings. The minimum Gasteiger partial charge on any atom is -0.475 e. The van der Waals surface area contributed by atoms with Gasteiger partial charge in [-0.1, -0.05) is 0 Å². The summed E-state index contributed by atoms with van der Waals surface area (Å²) in [6.07, 6.45) is 3.69. The lowest BCUT2D eigenvalue weighted by molar-refractivity contribution is 0.100. The fourth-order valence-electron chi connectivity index (χ4n) is 3.01. The Balaban J connectivity index is 1.81. The maximum absolute atomic E-state index is 14.6. The minimum absolute atomic E-state index is 0.00303. The van der Waals surface area contributed by atoms with Crippen LogP contribution in [0.2, 0.25) is 0 Å². The molecule has 2 atom stereocenters. The monoisotopic (exact) mass is 418 g/mol. The van der Waals surface area contributed by atoms with Crippen molar-refractivity contribution in [1.29, 1.82) is 0 Å². The van der Waals surface area contributed by atoms with Crippen molar-refractivity contribution >= 4 is 23.2 Å². The number of nitrogens with one attached hydrogen (secondary N) is 2. The number of rotatable bonds is 11. The molecule has 9 nitrogen and oxygen atoms in total. The molecule has 1 fully saturated rings. The maximum atomic E-state index is 14.6. The van der Waals surface area contributed by atoms with Gasteiger partial charge in [0.05, 0.1) is 12.2 Å². The zero-order valence-electron chi connectivity index (χ0n) is 17.0. The molecule has 0 spiro atoms. The number of aromatic nitrogens is 2. The number of primary amides is 1. The summed E-state index contributed by atoms with van der Waals surface area (Å²) in [7, 11) is 1.57. The van der Waals surface area contributed by atoms with Crippen molar-refractivity contribution in [2.24, 2.45) is 17.4 Å². The molecule has 2 heterocycles. The van der Waals surface area contributed by atoms with Gasteiger partial charge in [-0.15, -0.1) is 0 Å². The summed E-state index contributed by atoms with van der Waals surface area (Å²) in [6.45, 7) is 2.63. The molecule has 1 saturated carbocycles. The Morgan fingerprint density at radius 2 is 2.10 bits per heavy atom. The standard InChI is InChI=1S/C20H27FN6O3/c1-11(17(22)12-3-4-12)25-20-15(21)10-14(18(23)28)19(27-20)26-13-5-6-24-16(9-13)30-8-7-29-2/h5-6,9-12,17H,3-4,7-8,22H2,1-2H3,(H2,23,28)(H2,24,25,26,27)/t11-,17-/m1/s1. The van der Waals surface area contributed by atoms with Crippen LogP contribution in [0, 0.1) is 11.7 Å². The van der Waals surface area contributed by atoms with Crippen molar-refractivity contribution < 1.29 is 18.7 Å². The van der Waals surface area contributed by atoms with Crippen LogP contribution in [-0.4, -0.2) is 48.3 Å². The van der Waals surface area contributed by atoms with Crippen LogP contribution in [0.1, 0.15) is 30.1 Å². The topological polar surface area (TPSA) is 137 Å². The molecule has 30 heavy (non-hydrogen) atoms. The summed E-state index contributed by atoms with van der Waals surface area (Å²) in [4.78, 5) is 20.2. The number of halogens is 1. The smallest absolute Gasteiger partial charge is 0.252 e. The molecule has 0 bridgehead atoms. The fourth-order valence-corrected chi connectivity index (χ4v) is 3.01. The number of nitrogens with zero attached hydrogens (tertiary/aromatic N) is 2. The van der Waals surface area contributed by atoms with E-state index in [1.54, 1.807) is 19.2 Å². The van der Waals surface area contributed by atoms with E-state index in [1.165, 1.54) is 6.20 Å². The van der Waals surface area contributed by atoms with E-state index in [-0.39, 0.29) is 29.3 Å². The Kier molecular flexibility index (Phi) is 7.01. The van der Waals surface area contributed by atoms with Crippen molar-refractivity contribution in [2.45, 2.75) is 31.8 Å². The third-order valence-electron chi connectivity index (χ3n) is 4.88. The van der Waals surface area contributed by atoms with Gasteiger partial charge in [0.25, 0.3) is 5.91 Å². The fraction of sp³-hybridized carbons (Fsp3) is 0.450. The van der Waals surface area contributed by atoms with Gasteiger partial charge in [0.15, 0.2) is 11.6 Å². The van der Waals surface area contributed by atoms with Crippen LogP contribution in [0.5, 0.6) is 5.88 Å². The highest BCUT2D eigenvalue weighted by Gasteiger charge is 2.32. The summed E-state index contributed by atoms with van der Waals surface area (Å²) >= 11 is 0. The van der Waals surface area contributed by atoms with Gasteiger partial charge in [-0.3, -0.25) is 4.79 Å². The van der Waals surface area contributed by atoms with Crippen LogP contribution in [0.15, 0.2) is 24.4 Å². The minimum atomic E-state index is -0.802. The zero-order valence-corrected chi connectivity index (χ0v) is 17.0. The van der Waals surface area contributed by atoms with Crippen LogP contribution in [0.4, 0.5) is 21.7 Å². The van der Waals surface area contributed by atoms with Crippen molar-refractivity contribution in [3.8, 4) is 5.88 Å². The first-order valence-corrected chi connectivity index (χ1v) is 9.76. The summed E-state index contributed by atoms with van der Waals surface area (Å²) in [5.74, 6) is -0.566. The summed E-state index contributed by atoms with van der Waals surface area (Å²) < 4.78 is 25.0. The third kappa shape index (κ3) is 5.55. The predicted octanol–water partition coefficient (Wildman–Crippen LogP) is 2.02. The van der Waals surface area contributed by atoms with Crippen LogP contribution >= 0.6 is 0 Å². The molecule has 0 saturated heterocycles. The number of carbonyl (C=O) groups is 1. The molecule has 2 aromatic heterocycles. The Hall–Kier alpha value is -2.98. The van der Waals surface area contributed by atoms with Gasteiger partial charge in [0, 0.05) is 37.1 Å². The van der Waals surface area contributed by atoms with E-state index < -0.39 is 11.7 Å². The number of methoxy groups -OCH3 is 1. The Morgan fingerprint density at radius 1 is 1.33 bits per heavy atom. The number of amides is 1. The first-order chi connectivity index (χ1) is 14.4. The highest BCUT2D eigenvalue weighted by Crippen LogP contribution is 2.34. The van der Waals surface area contributed by atoms with Gasteiger partial charge < -0.3 is 31.6 Å². The Labute approximate surface area is 174 Å². The molecular formula is C20H27FN6O3. The first-order valence-electron chi connectivity index (χ1n) is 9.76. The second-order valence-electron chi connectivity index (χ2n) is 7.28. The summed E-state index contributed by atoms with van der Waals surface area (Å²) in [6, 6.07) is 4.06. The van der Waals surface area contributed by atoms with E-state index in [2.05, 4.69) is 20.6 Å². The molecular weight excluding hydrogens is 391 g/mol. The number of hydrogen-bond acceptors (Lipinski definition) is 8. The summed E-state index contributed by atoms with van der Waals surface area (Å²) in [5, 5.41) is 6.00. The van der Waals surface area contributed by atoms with E-state index in [4.69, 9.17) is 20.9 Å².